The van der Waals surface area contributed by atoms with Crippen LogP contribution in [0.2, 0.25) is 0 Å². The van der Waals surface area contributed by atoms with Crippen LogP contribution in [-0.4, -0.2) is 25.6 Å². The van der Waals surface area contributed by atoms with E-state index in [1.165, 1.54) is 0 Å². The minimum atomic E-state index is 0.153. The van der Waals surface area contributed by atoms with E-state index < -0.39 is 0 Å². The molecule has 2 heterocycles. The van der Waals surface area contributed by atoms with Crippen molar-refractivity contribution in [3.8, 4) is 5.75 Å². The predicted molar refractivity (Wildman–Crippen MR) is 64.5 cm³/mol. The summed E-state index contributed by atoms with van der Waals surface area (Å²) < 4.78 is 16.8. The lowest BCUT2D eigenvalue weighted by molar-refractivity contribution is 0.111. The average molecular weight is 297 g/mol. The molecule has 0 radical (unpaired) electrons. The van der Waals surface area contributed by atoms with E-state index in [0.29, 0.717) is 23.5 Å². The Bertz CT molecular complexity index is 571. The number of halogens is 1. The molecule has 0 unspecified atom stereocenters. The van der Waals surface area contributed by atoms with Crippen LogP contribution in [0.3, 0.4) is 0 Å². The molecule has 17 heavy (non-hydrogen) atoms. The summed E-state index contributed by atoms with van der Waals surface area (Å²) in [5.41, 5.74) is 1.19. The second-order valence-electron chi connectivity index (χ2n) is 3.82. The van der Waals surface area contributed by atoms with Crippen molar-refractivity contribution in [3.63, 3.8) is 0 Å². The summed E-state index contributed by atoms with van der Waals surface area (Å²) in [7, 11) is 0. The first-order valence-corrected chi connectivity index (χ1v) is 5.98. The summed E-state index contributed by atoms with van der Waals surface area (Å²) in [5.74, 6) is 0.558. The minimum absolute atomic E-state index is 0.153. The van der Waals surface area contributed by atoms with Gasteiger partial charge in [-0.15, -0.1) is 0 Å². The summed E-state index contributed by atoms with van der Waals surface area (Å²) in [6, 6.07) is 3.48. The molecule has 0 amide bonds. The van der Waals surface area contributed by atoms with Gasteiger partial charge in [0.05, 0.1) is 28.3 Å². The van der Waals surface area contributed by atoms with E-state index in [9.17, 15) is 4.79 Å². The summed E-state index contributed by atoms with van der Waals surface area (Å²) in [6.45, 7) is 1.18. The molecule has 4 nitrogen and oxygen atoms in total. The Kier molecular flexibility index (Phi) is 2.64. The summed E-state index contributed by atoms with van der Waals surface area (Å²) >= 11 is 3.36. The number of hydrogen-bond acceptors (Lipinski definition) is 4. The smallest absolute Gasteiger partial charge is 0.153 e. The highest BCUT2D eigenvalue weighted by Gasteiger charge is 2.24. The summed E-state index contributed by atoms with van der Waals surface area (Å²) in [5, 5.41) is 0.794. The molecule has 5 heteroatoms. The molecule has 0 bridgehead atoms. The van der Waals surface area contributed by atoms with Crippen molar-refractivity contribution in [3.05, 3.63) is 28.4 Å². The highest BCUT2D eigenvalue weighted by molar-refractivity contribution is 9.10. The van der Waals surface area contributed by atoms with Crippen LogP contribution in [0, 0.1) is 0 Å². The Balaban J connectivity index is 2.07. The zero-order valence-electron chi connectivity index (χ0n) is 8.81. The molecule has 1 aromatic heterocycles. The summed E-state index contributed by atoms with van der Waals surface area (Å²) in [4.78, 5) is 11.0. The molecule has 0 aliphatic carbocycles. The van der Waals surface area contributed by atoms with Crippen molar-refractivity contribution in [2.45, 2.75) is 6.10 Å². The van der Waals surface area contributed by atoms with Gasteiger partial charge < -0.3 is 13.9 Å². The van der Waals surface area contributed by atoms with E-state index in [1.807, 2.05) is 0 Å². The van der Waals surface area contributed by atoms with Gasteiger partial charge >= 0.3 is 0 Å². The van der Waals surface area contributed by atoms with Crippen LogP contribution < -0.4 is 4.74 Å². The van der Waals surface area contributed by atoms with Crippen LogP contribution in [0.1, 0.15) is 10.4 Å². The molecule has 3 rings (SSSR count). The van der Waals surface area contributed by atoms with Gasteiger partial charge in [-0.1, -0.05) is 0 Å². The zero-order valence-corrected chi connectivity index (χ0v) is 10.4. The number of aldehydes is 1. The fourth-order valence-corrected chi connectivity index (χ4v) is 2.24. The van der Waals surface area contributed by atoms with Crippen molar-refractivity contribution in [1.82, 2.24) is 0 Å². The number of furan rings is 1. The van der Waals surface area contributed by atoms with Gasteiger partial charge in [0.2, 0.25) is 0 Å². The Labute approximate surface area is 106 Å². The molecule has 1 atom stereocenters. The molecular weight excluding hydrogens is 288 g/mol. The minimum Gasteiger partial charge on any atom is -0.489 e. The second kappa shape index (κ2) is 4.16. The Morgan fingerprint density at radius 1 is 1.59 bits per heavy atom. The van der Waals surface area contributed by atoms with Gasteiger partial charge in [0.15, 0.2) is 11.9 Å². The maximum Gasteiger partial charge on any atom is 0.153 e. The third-order valence-corrected chi connectivity index (χ3v) is 3.20. The van der Waals surface area contributed by atoms with Crippen molar-refractivity contribution < 1.29 is 18.7 Å². The number of benzene rings is 1. The van der Waals surface area contributed by atoms with E-state index in [4.69, 9.17) is 13.9 Å². The number of carbonyl (C=O) groups is 1. The first-order chi connectivity index (χ1) is 8.29. The van der Waals surface area contributed by atoms with Crippen LogP contribution in [0.5, 0.6) is 5.75 Å². The number of ether oxygens (including phenoxy) is 2. The fourth-order valence-electron chi connectivity index (χ4n) is 1.69. The number of fused-ring (bicyclic) bond motifs is 1. The van der Waals surface area contributed by atoms with E-state index >= 15 is 0 Å². The lowest BCUT2D eigenvalue weighted by Crippen LogP contribution is -2.06. The van der Waals surface area contributed by atoms with Crippen LogP contribution >= 0.6 is 15.9 Å². The highest BCUT2D eigenvalue weighted by Crippen LogP contribution is 2.35. The lowest BCUT2D eigenvalue weighted by Gasteiger charge is -2.08. The van der Waals surface area contributed by atoms with Gasteiger partial charge in [-0.05, 0) is 28.1 Å². The molecule has 1 saturated heterocycles. The van der Waals surface area contributed by atoms with Crippen molar-refractivity contribution in [2.75, 3.05) is 13.2 Å². The number of hydrogen-bond donors (Lipinski definition) is 0. The Hall–Kier alpha value is -1.33. The second-order valence-corrected chi connectivity index (χ2v) is 4.68. The molecule has 0 saturated carbocycles. The SMILES string of the molecule is O=Cc1cc(Br)c2occc2c1OC[C@H]1CO1. The molecule has 0 spiro atoms. The van der Waals surface area contributed by atoms with Crippen molar-refractivity contribution in [2.24, 2.45) is 0 Å². The van der Waals surface area contributed by atoms with Gasteiger partial charge in [-0.3, -0.25) is 4.79 Å². The molecule has 1 aliphatic heterocycles. The molecule has 1 aromatic carbocycles. The van der Waals surface area contributed by atoms with E-state index in [0.717, 1.165) is 22.8 Å². The first kappa shape index (κ1) is 10.8. The highest BCUT2D eigenvalue weighted by atomic mass is 79.9. The molecule has 1 fully saturated rings. The van der Waals surface area contributed by atoms with Gasteiger partial charge in [-0.25, -0.2) is 0 Å². The Morgan fingerprint density at radius 3 is 3.12 bits per heavy atom. The molecule has 0 N–H and O–H groups in total. The van der Waals surface area contributed by atoms with Gasteiger partial charge in [0.25, 0.3) is 0 Å². The fraction of sp³-hybridized carbons (Fsp3) is 0.250. The first-order valence-electron chi connectivity index (χ1n) is 5.19. The number of carbonyl (C=O) groups excluding carboxylic acids is 1. The van der Waals surface area contributed by atoms with Crippen LogP contribution in [0.4, 0.5) is 0 Å². The quantitative estimate of drug-likeness (QED) is 0.643. The van der Waals surface area contributed by atoms with Gasteiger partial charge in [0, 0.05) is 0 Å². The predicted octanol–water partition coefficient (Wildman–Crippen LogP) is 2.79. The third kappa shape index (κ3) is 1.96. The van der Waals surface area contributed by atoms with Crippen LogP contribution in [0.25, 0.3) is 11.0 Å². The van der Waals surface area contributed by atoms with Gasteiger partial charge in [0.1, 0.15) is 18.5 Å². The topological polar surface area (TPSA) is 52.0 Å². The maximum atomic E-state index is 11.0. The zero-order chi connectivity index (χ0) is 11.8. The van der Waals surface area contributed by atoms with Gasteiger partial charge in [-0.2, -0.15) is 0 Å². The Morgan fingerprint density at radius 2 is 2.41 bits per heavy atom. The summed E-state index contributed by atoms with van der Waals surface area (Å²) in [6.07, 6.45) is 2.50. The normalized spacial score (nSPS) is 18.3. The number of epoxide rings is 1. The van der Waals surface area contributed by atoms with E-state index in [-0.39, 0.29) is 6.10 Å². The molecule has 1 aliphatic rings. The van der Waals surface area contributed by atoms with E-state index in [2.05, 4.69) is 15.9 Å². The molecule has 88 valence electrons. The van der Waals surface area contributed by atoms with Crippen LogP contribution in [0.15, 0.2) is 27.3 Å². The monoisotopic (exact) mass is 296 g/mol. The largest absolute Gasteiger partial charge is 0.489 e. The average Bonchev–Trinajstić information content (AvgIpc) is 3.02. The van der Waals surface area contributed by atoms with Crippen LogP contribution in [-0.2, 0) is 4.74 Å². The van der Waals surface area contributed by atoms with Crippen molar-refractivity contribution in [1.29, 1.82) is 0 Å². The standard InChI is InChI=1S/C12H9BrO4/c13-10-3-7(4-14)11(17-6-8-5-16-8)9-1-2-15-12(9)10/h1-4,8H,5-6H2/t8-/m1/s1. The lowest BCUT2D eigenvalue weighted by atomic mass is 10.1. The van der Waals surface area contributed by atoms with Crippen molar-refractivity contribution >= 4 is 33.2 Å². The molecular formula is C12H9BrO4. The molecule has 2 aromatic rings. The number of rotatable bonds is 4. The third-order valence-electron chi connectivity index (χ3n) is 2.61. The van der Waals surface area contributed by atoms with E-state index in [1.54, 1.807) is 18.4 Å². The maximum absolute atomic E-state index is 11.0.